The van der Waals surface area contributed by atoms with Gasteiger partial charge >= 0.3 is 0 Å². The van der Waals surface area contributed by atoms with Crippen molar-refractivity contribution >= 4 is 45.8 Å². The minimum absolute atomic E-state index is 0.00447. The maximum absolute atomic E-state index is 13.0. The molecule has 36 heavy (non-hydrogen) atoms. The Kier molecular flexibility index (Phi) is 7.46. The van der Waals surface area contributed by atoms with Crippen LogP contribution < -0.4 is 10.1 Å². The van der Waals surface area contributed by atoms with E-state index in [0.29, 0.717) is 28.8 Å². The summed E-state index contributed by atoms with van der Waals surface area (Å²) < 4.78 is 7.58. The summed E-state index contributed by atoms with van der Waals surface area (Å²) in [5.41, 5.74) is 3.92. The standard InChI is InChI=1S/C28H28Cl2N4O2/c1-36-22-11-8-19(9-12-22)16-34-26-7-3-2-6-25(26)32-27(34)18-33-14-4-5-20(17-33)28(35)31-21-10-13-23(29)24(30)15-21/h2-3,6-13,15,20H,4-5,14,16-18H2,1H3,(H,31,35)/t20-/m0/s1. The molecule has 6 nitrogen and oxygen atoms in total. The molecule has 4 aromatic rings. The number of imidazole rings is 1. The van der Waals surface area contributed by atoms with E-state index < -0.39 is 0 Å². The minimum Gasteiger partial charge on any atom is -0.497 e. The van der Waals surface area contributed by atoms with Crippen LogP contribution in [-0.4, -0.2) is 40.6 Å². The molecule has 186 valence electrons. The second-order valence-electron chi connectivity index (χ2n) is 9.14. The van der Waals surface area contributed by atoms with Crippen molar-refractivity contribution in [3.05, 3.63) is 88.2 Å². The highest BCUT2D eigenvalue weighted by atomic mass is 35.5. The van der Waals surface area contributed by atoms with E-state index in [1.54, 1.807) is 25.3 Å². The van der Waals surface area contributed by atoms with Gasteiger partial charge in [0.25, 0.3) is 0 Å². The fourth-order valence-electron chi connectivity index (χ4n) is 4.77. The molecule has 1 amide bonds. The van der Waals surface area contributed by atoms with Crippen LogP contribution in [0.15, 0.2) is 66.7 Å². The van der Waals surface area contributed by atoms with Gasteiger partial charge in [-0.3, -0.25) is 9.69 Å². The fourth-order valence-corrected chi connectivity index (χ4v) is 5.07. The number of ether oxygens (including phenoxy) is 1. The summed E-state index contributed by atoms with van der Waals surface area (Å²) in [5.74, 6) is 1.74. The molecule has 0 radical (unpaired) electrons. The van der Waals surface area contributed by atoms with Gasteiger partial charge in [0.1, 0.15) is 11.6 Å². The number of methoxy groups -OCH3 is 1. The van der Waals surface area contributed by atoms with Crippen LogP contribution >= 0.6 is 23.2 Å². The van der Waals surface area contributed by atoms with E-state index in [9.17, 15) is 4.79 Å². The third-order valence-corrected chi connectivity index (χ3v) is 7.40. The van der Waals surface area contributed by atoms with Gasteiger partial charge in [-0.25, -0.2) is 4.98 Å². The number of likely N-dealkylation sites (tertiary alicyclic amines) is 1. The molecular weight excluding hydrogens is 495 g/mol. The number of piperidine rings is 1. The summed E-state index contributed by atoms with van der Waals surface area (Å²) in [7, 11) is 1.67. The summed E-state index contributed by atoms with van der Waals surface area (Å²) in [6.45, 7) is 3.01. The van der Waals surface area contributed by atoms with Gasteiger partial charge in [0.05, 0.1) is 40.7 Å². The Morgan fingerprint density at radius 2 is 1.86 bits per heavy atom. The number of hydrogen-bond donors (Lipinski definition) is 1. The van der Waals surface area contributed by atoms with E-state index in [1.165, 1.54) is 5.56 Å². The molecule has 8 heteroatoms. The molecule has 1 saturated heterocycles. The third-order valence-electron chi connectivity index (χ3n) is 6.66. The first-order valence-electron chi connectivity index (χ1n) is 12.1. The number of nitrogens with zero attached hydrogens (tertiary/aromatic N) is 3. The number of rotatable bonds is 7. The van der Waals surface area contributed by atoms with Gasteiger partial charge in [-0.1, -0.05) is 47.5 Å². The smallest absolute Gasteiger partial charge is 0.228 e. The van der Waals surface area contributed by atoms with E-state index in [4.69, 9.17) is 32.9 Å². The van der Waals surface area contributed by atoms with E-state index in [2.05, 4.69) is 33.0 Å². The first-order valence-corrected chi connectivity index (χ1v) is 12.8. The molecule has 1 aromatic heterocycles. The average molecular weight is 523 g/mol. The van der Waals surface area contributed by atoms with Crippen LogP contribution in [0.4, 0.5) is 5.69 Å². The predicted molar refractivity (Wildman–Crippen MR) is 145 cm³/mol. The molecule has 5 rings (SSSR count). The highest BCUT2D eigenvalue weighted by Gasteiger charge is 2.27. The maximum atomic E-state index is 13.0. The zero-order valence-corrected chi connectivity index (χ0v) is 21.6. The second kappa shape index (κ2) is 10.9. The Morgan fingerprint density at radius 1 is 1.06 bits per heavy atom. The summed E-state index contributed by atoms with van der Waals surface area (Å²) in [6, 6.07) is 21.5. The van der Waals surface area contributed by atoms with Gasteiger partial charge in [-0.05, 0) is 67.4 Å². The Bertz CT molecular complexity index is 1370. The summed E-state index contributed by atoms with van der Waals surface area (Å²) >= 11 is 12.1. The topological polar surface area (TPSA) is 59.4 Å². The van der Waals surface area contributed by atoms with E-state index in [0.717, 1.165) is 48.5 Å². The number of benzene rings is 3. The lowest BCUT2D eigenvalue weighted by atomic mass is 9.97. The van der Waals surface area contributed by atoms with E-state index in [1.807, 2.05) is 30.3 Å². The predicted octanol–water partition coefficient (Wildman–Crippen LogP) is 6.25. The van der Waals surface area contributed by atoms with E-state index >= 15 is 0 Å². The Balaban J connectivity index is 1.32. The van der Waals surface area contributed by atoms with Crippen LogP contribution in [0.2, 0.25) is 10.0 Å². The number of aromatic nitrogens is 2. The van der Waals surface area contributed by atoms with Gasteiger partial charge in [0.15, 0.2) is 0 Å². The number of para-hydroxylation sites is 2. The van der Waals surface area contributed by atoms with Crippen molar-refractivity contribution in [3.8, 4) is 5.75 Å². The van der Waals surface area contributed by atoms with Crippen LogP contribution in [0, 0.1) is 5.92 Å². The highest BCUT2D eigenvalue weighted by molar-refractivity contribution is 6.42. The Morgan fingerprint density at radius 3 is 2.64 bits per heavy atom. The lowest BCUT2D eigenvalue weighted by Crippen LogP contribution is -2.40. The van der Waals surface area contributed by atoms with Crippen molar-refractivity contribution in [1.82, 2.24) is 14.5 Å². The normalized spacial score (nSPS) is 16.2. The van der Waals surface area contributed by atoms with Crippen LogP contribution in [0.5, 0.6) is 5.75 Å². The van der Waals surface area contributed by atoms with Gasteiger partial charge < -0.3 is 14.6 Å². The molecule has 0 bridgehead atoms. The van der Waals surface area contributed by atoms with Crippen molar-refractivity contribution in [2.45, 2.75) is 25.9 Å². The second-order valence-corrected chi connectivity index (χ2v) is 9.96. The Hall–Kier alpha value is -3.06. The molecule has 0 aliphatic carbocycles. The maximum Gasteiger partial charge on any atom is 0.228 e. The van der Waals surface area contributed by atoms with Crippen molar-refractivity contribution in [2.24, 2.45) is 5.92 Å². The first kappa shape index (κ1) is 24.6. The molecule has 1 fully saturated rings. The molecule has 0 unspecified atom stereocenters. The SMILES string of the molecule is COc1ccc(Cn2c(CN3CCC[C@H](C(=O)Nc4ccc(Cl)c(Cl)c4)C3)nc3ccccc32)cc1. The van der Waals surface area contributed by atoms with Crippen molar-refractivity contribution in [1.29, 1.82) is 0 Å². The highest BCUT2D eigenvalue weighted by Crippen LogP contribution is 2.27. The minimum atomic E-state index is -0.104. The number of fused-ring (bicyclic) bond motifs is 1. The average Bonchev–Trinajstić information content (AvgIpc) is 3.23. The Labute approximate surface area is 220 Å². The fraction of sp³-hybridized carbons (Fsp3) is 0.286. The number of halogens is 2. The number of amides is 1. The first-order chi connectivity index (χ1) is 17.5. The van der Waals surface area contributed by atoms with Crippen molar-refractivity contribution in [2.75, 3.05) is 25.5 Å². The largest absolute Gasteiger partial charge is 0.497 e. The lowest BCUT2D eigenvalue weighted by Gasteiger charge is -2.31. The molecule has 1 aliphatic heterocycles. The molecule has 2 heterocycles. The molecule has 0 saturated carbocycles. The van der Waals surface area contributed by atoms with Crippen molar-refractivity contribution in [3.63, 3.8) is 0 Å². The monoisotopic (exact) mass is 522 g/mol. The van der Waals surface area contributed by atoms with Crippen LogP contribution in [-0.2, 0) is 17.9 Å². The molecule has 1 aliphatic rings. The van der Waals surface area contributed by atoms with Crippen LogP contribution in [0.3, 0.4) is 0 Å². The summed E-state index contributed by atoms with van der Waals surface area (Å²) in [6.07, 6.45) is 1.81. The van der Waals surface area contributed by atoms with Gasteiger partial charge in [0, 0.05) is 18.8 Å². The summed E-state index contributed by atoms with van der Waals surface area (Å²) in [5, 5.41) is 3.89. The molecule has 1 N–H and O–H groups in total. The lowest BCUT2D eigenvalue weighted by molar-refractivity contribution is -0.121. The summed E-state index contributed by atoms with van der Waals surface area (Å²) in [4.78, 5) is 20.3. The number of hydrogen-bond acceptors (Lipinski definition) is 4. The van der Waals surface area contributed by atoms with Crippen LogP contribution in [0.25, 0.3) is 11.0 Å². The number of carbonyl (C=O) groups excluding carboxylic acids is 1. The molecule has 0 spiro atoms. The van der Waals surface area contributed by atoms with Gasteiger partial charge in [0.2, 0.25) is 5.91 Å². The van der Waals surface area contributed by atoms with Crippen molar-refractivity contribution < 1.29 is 9.53 Å². The van der Waals surface area contributed by atoms with Crippen LogP contribution in [0.1, 0.15) is 24.2 Å². The third kappa shape index (κ3) is 5.51. The number of anilines is 1. The zero-order valence-electron chi connectivity index (χ0n) is 20.1. The number of carbonyl (C=O) groups is 1. The van der Waals surface area contributed by atoms with Gasteiger partial charge in [-0.15, -0.1) is 0 Å². The molecule has 1 atom stereocenters. The van der Waals surface area contributed by atoms with Gasteiger partial charge in [-0.2, -0.15) is 0 Å². The quantitative estimate of drug-likeness (QED) is 0.311. The molecule has 3 aromatic carbocycles. The zero-order chi connectivity index (χ0) is 25.1. The van der Waals surface area contributed by atoms with E-state index in [-0.39, 0.29) is 11.8 Å². The molecular formula is C28H28Cl2N4O2. The number of nitrogens with one attached hydrogen (secondary N) is 1.